The Bertz CT molecular complexity index is 874. The number of halogens is 1. The minimum Gasteiger partial charge on any atom is -0.371 e. The fourth-order valence-electron chi connectivity index (χ4n) is 2.54. The maximum absolute atomic E-state index is 13.5. The van der Waals surface area contributed by atoms with E-state index in [9.17, 15) is 17.6 Å². The Kier molecular flexibility index (Phi) is 4.99. The molecule has 0 radical (unpaired) electrons. The van der Waals surface area contributed by atoms with Gasteiger partial charge in [-0.3, -0.25) is 4.79 Å². The van der Waals surface area contributed by atoms with Gasteiger partial charge in [0.25, 0.3) is 0 Å². The monoisotopic (exact) mass is 363 g/mol. The molecular formula is C18H18FNO4S. The number of ketones is 1. The third kappa shape index (κ3) is 3.78. The van der Waals surface area contributed by atoms with Crippen molar-refractivity contribution in [2.45, 2.75) is 24.5 Å². The first-order chi connectivity index (χ1) is 11.9. The number of sulfonamides is 1. The van der Waals surface area contributed by atoms with Crippen molar-refractivity contribution in [2.75, 3.05) is 13.1 Å². The summed E-state index contributed by atoms with van der Waals surface area (Å²) in [5.41, 5.74) is 0.914. The van der Waals surface area contributed by atoms with E-state index in [2.05, 4.69) is 0 Å². The maximum atomic E-state index is 13.5. The third-order valence-corrected chi connectivity index (χ3v) is 5.99. The molecule has 3 rings (SSSR count). The summed E-state index contributed by atoms with van der Waals surface area (Å²) < 4.78 is 45.4. The molecule has 132 valence electrons. The van der Waals surface area contributed by atoms with E-state index in [1.807, 2.05) is 0 Å². The fraction of sp³-hybridized carbons (Fsp3) is 0.278. The van der Waals surface area contributed by atoms with E-state index in [1.165, 1.54) is 41.6 Å². The zero-order valence-corrected chi connectivity index (χ0v) is 14.5. The summed E-state index contributed by atoms with van der Waals surface area (Å²) in [5.74, 6) is -0.452. The SMILES string of the molecule is CC(=O)c1ccc(S(=O)(=O)N2CC(OCc3ccccc3F)C2)cc1. The molecule has 5 nitrogen and oxygen atoms in total. The molecule has 0 aliphatic carbocycles. The van der Waals surface area contributed by atoms with E-state index in [4.69, 9.17) is 4.74 Å². The molecule has 0 amide bonds. The molecule has 2 aromatic rings. The van der Waals surface area contributed by atoms with Gasteiger partial charge in [0, 0.05) is 24.2 Å². The van der Waals surface area contributed by atoms with Crippen LogP contribution in [0.5, 0.6) is 0 Å². The fourth-order valence-corrected chi connectivity index (χ4v) is 4.04. The second-order valence-electron chi connectivity index (χ2n) is 5.93. The highest BCUT2D eigenvalue weighted by atomic mass is 32.2. The molecule has 0 aromatic heterocycles. The van der Waals surface area contributed by atoms with Crippen LogP contribution in [0.15, 0.2) is 53.4 Å². The van der Waals surface area contributed by atoms with Crippen LogP contribution in [0.4, 0.5) is 4.39 Å². The normalized spacial score (nSPS) is 15.8. The van der Waals surface area contributed by atoms with Gasteiger partial charge < -0.3 is 4.74 Å². The Morgan fingerprint density at radius 1 is 1.16 bits per heavy atom. The quantitative estimate of drug-likeness (QED) is 0.740. The van der Waals surface area contributed by atoms with Gasteiger partial charge in [0.15, 0.2) is 5.78 Å². The van der Waals surface area contributed by atoms with Crippen molar-refractivity contribution in [1.82, 2.24) is 4.31 Å². The average Bonchev–Trinajstić information content (AvgIpc) is 2.55. The number of carbonyl (C=O) groups is 1. The lowest BCUT2D eigenvalue weighted by molar-refractivity contribution is -0.0304. The Morgan fingerprint density at radius 3 is 2.40 bits per heavy atom. The van der Waals surface area contributed by atoms with E-state index in [0.29, 0.717) is 11.1 Å². The average molecular weight is 363 g/mol. The first-order valence-electron chi connectivity index (χ1n) is 7.84. The molecule has 2 aromatic carbocycles. The second kappa shape index (κ2) is 7.03. The van der Waals surface area contributed by atoms with Gasteiger partial charge in [-0.05, 0) is 25.1 Å². The zero-order valence-electron chi connectivity index (χ0n) is 13.7. The second-order valence-corrected chi connectivity index (χ2v) is 7.86. The Hall–Kier alpha value is -2.09. The molecule has 7 heteroatoms. The zero-order chi connectivity index (χ0) is 18.0. The van der Waals surface area contributed by atoms with E-state index < -0.39 is 10.0 Å². The molecular weight excluding hydrogens is 345 g/mol. The number of hydrogen-bond acceptors (Lipinski definition) is 4. The first kappa shape index (κ1) is 17.7. The van der Waals surface area contributed by atoms with E-state index in [-0.39, 0.29) is 42.3 Å². The van der Waals surface area contributed by atoms with Gasteiger partial charge in [-0.2, -0.15) is 4.31 Å². The molecule has 25 heavy (non-hydrogen) atoms. The molecule has 1 aliphatic heterocycles. The van der Waals surface area contributed by atoms with Crippen molar-refractivity contribution in [3.8, 4) is 0 Å². The predicted molar refractivity (Wildman–Crippen MR) is 90.2 cm³/mol. The number of carbonyl (C=O) groups excluding carboxylic acids is 1. The summed E-state index contributed by atoms with van der Waals surface area (Å²) in [6, 6.07) is 12.2. The number of ether oxygens (including phenoxy) is 1. The molecule has 0 N–H and O–H groups in total. The van der Waals surface area contributed by atoms with Crippen LogP contribution in [0.1, 0.15) is 22.8 Å². The molecule has 1 heterocycles. The van der Waals surface area contributed by atoms with Gasteiger partial charge in [0.1, 0.15) is 5.82 Å². The summed E-state index contributed by atoms with van der Waals surface area (Å²) in [6.45, 7) is 1.99. The van der Waals surface area contributed by atoms with E-state index in [0.717, 1.165) is 0 Å². The number of nitrogens with zero attached hydrogens (tertiary/aromatic N) is 1. The smallest absolute Gasteiger partial charge is 0.243 e. The minimum atomic E-state index is -3.60. The van der Waals surface area contributed by atoms with Gasteiger partial charge in [0.05, 0.1) is 17.6 Å². The van der Waals surface area contributed by atoms with Crippen LogP contribution in [0, 0.1) is 5.82 Å². The number of hydrogen-bond donors (Lipinski definition) is 0. The minimum absolute atomic E-state index is 0.110. The third-order valence-electron chi connectivity index (χ3n) is 4.15. The van der Waals surface area contributed by atoms with Crippen LogP contribution < -0.4 is 0 Å². The van der Waals surface area contributed by atoms with Gasteiger partial charge >= 0.3 is 0 Å². The highest BCUT2D eigenvalue weighted by molar-refractivity contribution is 7.89. The molecule has 1 saturated heterocycles. The Morgan fingerprint density at radius 2 is 1.80 bits per heavy atom. The van der Waals surface area contributed by atoms with Gasteiger partial charge in [-0.25, -0.2) is 12.8 Å². The molecule has 0 bridgehead atoms. The van der Waals surface area contributed by atoms with Crippen LogP contribution in [-0.2, 0) is 21.4 Å². The summed E-state index contributed by atoms with van der Waals surface area (Å²) in [6.07, 6.45) is -0.258. The van der Waals surface area contributed by atoms with Crippen molar-refractivity contribution >= 4 is 15.8 Å². The van der Waals surface area contributed by atoms with E-state index >= 15 is 0 Å². The largest absolute Gasteiger partial charge is 0.371 e. The molecule has 0 saturated carbocycles. The van der Waals surface area contributed by atoms with Crippen molar-refractivity contribution < 1.29 is 22.3 Å². The van der Waals surface area contributed by atoms with Crippen LogP contribution in [0.25, 0.3) is 0 Å². The molecule has 1 fully saturated rings. The molecule has 0 atom stereocenters. The Labute approximate surface area is 146 Å². The van der Waals surface area contributed by atoms with Crippen LogP contribution in [0.2, 0.25) is 0 Å². The number of benzene rings is 2. The predicted octanol–water partition coefficient (Wildman–Crippen LogP) is 2.62. The van der Waals surface area contributed by atoms with Crippen LogP contribution >= 0.6 is 0 Å². The first-order valence-corrected chi connectivity index (χ1v) is 9.28. The lowest BCUT2D eigenvalue weighted by Crippen LogP contribution is -2.54. The maximum Gasteiger partial charge on any atom is 0.243 e. The van der Waals surface area contributed by atoms with Crippen LogP contribution in [0.3, 0.4) is 0 Å². The van der Waals surface area contributed by atoms with Crippen molar-refractivity contribution in [1.29, 1.82) is 0 Å². The summed E-state index contributed by atoms with van der Waals surface area (Å²) >= 11 is 0. The molecule has 0 spiro atoms. The van der Waals surface area contributed by atoms with Crippen molar-refractivity contribution in [2.24, 2.45) is 0 Å². The summed E-state index contributed by atoms with van der Waals surface area (Å²) in [5, 5.41) is 0. The lowest BCUT2D eigenvalue weighted by atomic mass is 10.2. The summed E-state index contributed by atoms with van der Waals surface area (Å²) in [7, 11) is -3.60. The van der Waals surface area contributed by atoms with Crippen LogP contribution in [-0.4, -0.2) is 37.7 Å². The Balaban J connectivity index is 1.57. The van der Waals surface area contributed by atoms with Crippen molar-refractivity contribution in [3.63, 3.8) is 0 Å². The molecule has 1 aliphatic rings. The topological polar surface area (TPSA) is 63.7 Å². The lowest BCUT2D eigenvalue weighted by Gasteiger charge is -2.37. The number of rotatable bonds is 6. The molecule has 0 unspecified atom stereocenters. The van der Waals surface area contributed by atoms with Gasteiger partial charge in [-0.1, -0.05) is 30.3 Å². The van der Waals surface area contributed by atoms with Gasteiger partial charge in [-0.15, -0.1) is 0 Å². The highest BCUT2D eigenvalue weighted by Crippen LogP contribution is 2.24. The highest BCUT2D eigenvalue weighted by Gasteiger charge is 2.37. The van der Waals surface area contributed by atoms with E-state index in [1.54, 1.807) is 18.2 Å². The van der Waals surface area contributed by atoms with Crippen molar-refractivity contribution in [3.05, 3.63) is 65.5 Å². The number of Topliss-reactive ketones (excluding diaryl/α,β-unsaturated/α-hetero) is 1. The van der Waals surface area contributed by atoms with Gasteiger partial charge in [0.2, 0.25) is 10.0 Å². The summed E-state index contributed by atoms with van der Waals surface area (Å²) in [4.78, 5) is 11.4. The standard InChI is InChI=1S/C18H18FNO4S/c1-13(21)14-6-8-17(9-7-14)25(22,23)20-10-16(11-20)24-12-15-4-2-3-5-18(15)19/h2-9,16H,10-12H2,1H3.